The molecule has 6 nitrogen and oxygen atoms in total. The molecule has 1 aliphatic heterocycles. The SMILES string of the molecule is O=C(COC(=O)C1=COCCO1)NCCC(c1ccccc1)c1ccccc1. The van der Waals surface area contributed by atoms with Crippen LogP contribution in [-0.2, 0) is 23.8 Å². The van der Waals surface area contributed by atoms with E-state index in [-0.39, 0.29) is 30.8 Å². The highest BCUT2D eigenvalue weighted by molar-refractivity contribution is 5.88. The van der Waals surface area contributed by atoms with Crippen LogP contribution in [0, 0.1) is 0 Å². The van der Waals surface area contributed by atoms with Gasteiger partial charge in [-0.2, -0.15) is 0 Å². The first-order chi connectivity index (χ1) is 13.7. The molecule has 0 radical (unpaired) electrons. The lowest BCUT2D eigenvalue weighted by Crippen LogP contribution is -2.31. The van der Waals surface area contributed by atoms with Gasteiger partial charge in [-0.15, -0.1) is 0 Å². The normalized spacial score (nSPS) is 13.1. The minimum atomic E-state index is -0.707. The van der Waals surface area contributed by atoms with Crippen molar-refractivity contribution in [2.24, 2.45) is 0 Å². The number of hydrogen-bond acceptors (Lipinski definition) is 5. The summed E-state index contributed by atoms with van der Waals surface area (Å²) in [4.78, 5) is 23.8. The standard InChI is InChI=1S/C22H23NO5/c24-21(16-28-22(25)20-15-26-13-14-27-20)23-12-11-19(17-7-3-1-4-8-17)18-9-5-2-6-10-18/h1-10,15,19H,11-14,16H2,(H,23,24). The predicted octanol–water partition coefficient (Wildman–Crippen LogP) is 2.76. The molecule has 3 rings (SSSR count). The molecule has 0 aromatic heterocycles. The summed E-state index contributed by atoms with van der Waals surface area (Å²) >= 11 is 0. The second kappa shape index (κ2) is 10.2. The Labute approximate surface area is 164 Å². The summed E-state index contributed by atoms with van der Waals surface area (Å²) in [5, 5.41) is 2.80. The number of rotatable bonds is 8. The van der Waals surface area contributed by atoms with E-state index in [2.05, 4.69) is 29.6 Å². The molecule has 1 aliphatic rings. The molecule has 6 heteroatoms. The minimum Gasteiger partial charge on any atom is -0.493 e. The third kappa shape index (κ3) is 5.61. The fraction of sp³-hybridized carbons (Fsp3) is 0.273. The van der Waals surface area contributed by atoms with Crippen LogP contribution in [0.5, 0.6) is 0 Å². The number of esters is 1. The van der Waals surface area contributed by atoms with Crippen LogP contribution in [0.4, 0.5) is 0 Å². The Morgan fingerprint density at radius 2 is 1.61 bits per heavy atom. The number of carbonyl (C=O) groups is 2. The maximum absolute atomic E-state index is 12.0. The summed E-state index contributed by atoms with van der Waals surface area (Å²) in [5.74, 6) is -0.915. The van der Waals surface area contributed by atoms with Gasteiger partial charge in [0.1, 0.15) is 19.5 Å². The van der Waals surface area contributed by atoms with Crippen molar-refractivity contribution in [1.82, 2.24) is 5.32 Å². The van der Waals surface area contributed by atoms with E-state index in [1.54, 1.807) is 0 Å². The van der Waals surface area contributed by atoms with Gasteiger partial charge in [-0.1, -0.05) is 60.7 Å². The smallest absolute Gasteiger partial charge is 0.377 e. The molecule has 1 N–H and O–H groups in total. The van der Waals surface area contributed by atoms with Gasteiger partial charge >= 0.3 is 5.97 Å². The highest BCUT2D eigenvalue weighted by Crippen LogP contribution is 2.27. The van der Waals surface area contributed by atoms with Gasteiger partial charge in [-0.25, -0.2) is 4.79 Å². The highest BCUT2D eigenvalue weighted by atomic mass is 16.6. The molecule has 2 aromatic carbocycles. The van der Waals surface area contributed by atoms with Crippen LogP contribution >= 0.6 is 0 Å². The first-order valence-corrected chi connectivity index (χ1v) is 9.22. The van der Waals surface area contributed by atoms with E-state index in [0.717, 1.165) is 6.42 Å². The van der Waals surface area contributed by atoms with Gasteiger partial charge in [-0.05, 0) is 17.5 Å². The van der Waals surface area contributed by atoms with Crippen LogP contribution in [0.25, 0.3) is 0 Å². The van der Waals surface area contributed by atoms with E-state index in [1.165, 1.54) is 17.4 Å². The molecule has 2 aromatic rings. The summed E-state index contributed by atoms with van der Waals surface area (Å²) in [5.41, 5.74) is 2.38. The second-order valence-corrected chi connectivity index (χ2v) is 6.29. The first-order valence-electron chi connectivity index (χ1n) is 9.22. The molecule has 0 aliphatic carbocycles. The molecule has 0 saturated carbocycles. The third-order valence-electron chi connectivity index (χ3n) is 4.34. The Balaban J connectivity index is 1.49. The summed E-state index contributed by atoms with van der Waals surface area (Å²) in [6.07, 6.45) is 1.93. The average molecular weight is 381 g/mol. The number of ether oxygens (including phenoxy) is 3. The van der Waals surface area contributed by atoms with E-state index in [9.17, 15) is 9.59 Å². The van der Waals surface area contributed by atoms with Crippen molar-refractivity contribution in [1.29, 1.82) is 0 Å². The van der Waals surface area contributed by atoms with Crippen molar-refractivity contribution in [3.05, 3.63) is 83.8 Å². The first kappa shape index (κ1) is 19.5. The van der Waals surface area contributed by atoms with Crippen LogP contribution in [0.2, 0.25) is 0 Å². The topological polar surface area (TPSA) is 73.9 Å². The average Bonchev–Trinajstić information content (AvgIpc) is 2.77. The van der Waals surface area contributed by atoms with E-state index in [4.69, 9.17) is 14.2 Å². The lowest BCUT2D eigenvalue weighted by Gasteiger charge is -2.18. The fourth-order valence-electron chi connectivity index (χ4n) is 2.98. The molecule has 0 bridgehead atoms. The van der Waals surface area contributed by atoms with Crippen molar-refractivity contribution >= 4 is 11.9 Å². The van der Waals surface area contributed by atoms with Crippen LogP contribution in [0.1, 0.15) is 23.5 Å². The van der Waals surface area contributed by atoms with Gasteiger partial charge in [0.25, 0.3) is 5.91 Å². The van der Waals surface area contributed by atoms with Crippen LogP contribution < -0.4 is 5.32 Å². The van der Waals surface area contributed by atoms with Gasteiger partial charge in [0.2, 0.25) is 5.76 Å². The Bertz CT molecular complexity index is 765. The van der Waals surface area contributed by atoms with Crippen molar-refractivity contribution in [3.8, 4) is 0 Å². The van der Waals surface area contributed by atoms with E-state index in [1.807, 2.05) is 36.4 Å². The zero-order chi connectivity index (χ0) is 19.6. The molecule has 1 heterocycles. The lowest BCUT2D eigenvalue weighted by molar-refractivity contribution is -0.149. The predicted molar refractivity (Wildman–Crippen MR) is 103 cm³/mol. The van der Waals surface area contributed by atoms with Gasteiger partial charge in [-0.3, -0.25) is 4.79 Å². The van der Waals surface area contributed by atoms with Crippen LogP contribution in [-0.4, -0.2) is 38.2 Å². The fourth-order valence-corrected chi connectivity index (χ4v) is 2.98. The highest BCUT2D eigenvalue weighted by Gasteiger charge is 2.18. The van der Waals surface area contributed by atoms with Gasteiger partial charge in [0.05, 0.1) is 0 Å². The summed E-state index contributed by atoms with van der Waals surface area (Å²) < 4.78 is 15.1. The van der Waals surface area contributed by atoms with E-state index < -0.39 is 5.97 Å². The molecule has 1 amide bonds. The lowest BCUT2D eigenvalue weighted by atomic mass is 9.88. The summed E-state index contributed by atoms with van der Waals surface area (Å²) in [7, 11) is 0. The second-order valence-electron chi connectivity index (χ2n) is 6.29. The number of benzene rings is 2. The van der Waals surface area contributed by atoms with Crippen molar-refractivity contribution in [3.63, 3.8) is 0 Å². The Morgan fingerprint density at radius 3 is 2.18 bits per heavy atom. The third-order valence-corrected chi connectivity index (χ3v) is 4.34. The molecule has 0 saturated heterocycles. The van der Waals surface area contributed by atoms with Crippen molar-refractivity contribution < 1.29 is 23.8 Å². The number of carbonyl (C=O) groups excluding carboxylic acids is 2. The quantitative estimate of drug-likeness (QED) is 0.712. The molecule has 146 valence electrons. The number of hydrogen-bond donors (Lipinski definition) is 1. The van der Waals surface area contributed by atoms with E-state index in [0.29, 0.717) is 13.2 Å². The maximum Gasteiger partial charge on any atom is 0.377 e. The number of amides is 1. The molecular formula is C22H23NO5. The maximum atomic E-state index is 12.0. The Hall–Kier alpha value is -3.28. The Morgan fingerprint density at radius 1 is 0.964 bits per heavy atom. The van der Waals surface area contributed by atoms with Crippen LogP contribution in [0.15, 0.2) is 72.7 Å². The molecule has 0 fully saturated rings. The zero-order valence-corrected chi connectivity index (χ0v) is 15.5. The van der Waals surface area contributed by atoms with E-state index >= 15 is 0 Å². The Kier molecular flexibility index (Phi) is 7.07. The molecular weight excluding hydrogens is 358 g/mol. The largest absolute Gasteiger partial charge is 0.493 e. The monoisotopic (exact) mass is 381 g/mol. The van der Waals surface area contributed by atoms with Crippen molar-refractivity contribution in [2.75, 3.05) is 26.4 Å². The minimum absolute atomic E-state index is 0.0210. The number of nitrogens with one attached hydrogen (secondary N) is 1. The summed E-state index contributed by atoms with van der Waals surface area (Å²) in [6.45, 7) is 0.781. The van der Waals surface area contributed by atoms with Gasteiger partial charge in [0.15, 0.2) is 6.61 Å². The van der Waals surface area contributed by atoms with Crippen molar-refractivity contribution in [2.45, 2.75) is 12.3 Å². The molecule has 0 atom stereocenters. The van der Waals surface area contributed by atoms with Crippen LogP contribution in [0.3, 0.4) is 0 Å². The zero-order valence-electron chi connectivity index (χ0n) is 15.5. The van der Waals surface area contributed by atoms with Gasteiger partial charge < -0.3 is 19.5 Å². The molecule has 0 unspecified atom stereocenters. The van der Waals surface area contributed by atoms with Gasteiger partial charge in [0, 0.05) is 12.5 Å². The molecule has 28 heavy (non-hydrogen) atoms. The molecule has 0 spiro atoms. The summed E-state index contributed by atoms with van der Waals surface area (Å²) in [6, 6.07) is 20.3.